The first-order valence-corrected chi connectivity index (χ1v) is 17.5. The second kappa shape index (κ2) is 10.6. The molecule has 0 bridgehead atoms. The molecule has 1 aromatic carbocycles. The Morgan fingerprint density at radius 1 is 0.955 bits per heavy atom. The lowest BCUT2D eigenvalue weighted by atomic mass is 9.33. The van der Waals surface area contributed by atoms with Crippen LogP contribution in [0.1, 0.15) is 105 Å². The van der Waals surface area contributed by atoms with Gasteiger partial charge >= 0.3 is 5.97 Å². The van der Waals surface area contributed by atoms with Crippen LogP contribution in [0.15, 0.2) is 53.8 Å². The van der Waals surface area contributed by atoms with Gasteiger partial charge in [-0.05, 0) is 103 Å². The minimum atomic E-state index is -0.433. The molecule has 0 aromatic heterocycles. The Kier molecular flexibility index (Phi) is 7.61. The highest BCUT2D eigenvalue weighted by molar-refractivity contribution is 6.00. The highest BCUT2D eigenvalue weighted by Gasteiger charge is 2.70. The van der Waals surface area contributed by atoms with E-state index in [0.29, 0.717) is 36.1 Å². The number of hydrogen-bond donors (Lipinski definition) is 0. The van der Waals surface area contributed by atoms with Gasteiger partial charge in [0, 0.05) is 31.3 Å². The summed E-state index contributed by atoms with van der Waals surface area (Å²) in [5.74, 6) is 2.49. The number of fused-ring (bicyclic) bond motifs is 7. The lowest BCUT2D eigenvalue weighted by Crippen LogP contribution is -2.65. The van der Waals surface area contributed by atoms with Crippen molar-refractivity contribution < 1.29 is 14.3 Å². The van der Waals surface area contributed by atoms with Crippen LogP contribution < -0.4 is 0 Å². The number of Topliss-reactive ketones (excluding diaryl/α,β-unsaturated/α-hetero) is 1. The minimum absolute atomic E-state index is 0.0279. The third-order valence-corrected chi connectivity index (χ3v) is 14.6. The van der Waals surface area contributed by atoms with Gasteiger partial charge < -0.3 is 9.64 Å². The van der Waals surface area contributed by atoms with E-state index >= 15 is 0 Å². The summed E-state index contributed by atoms with van der Waals surface area (Å²) >= 11 is 0. The van der Waals surface area contributed by atoms with Gasteiger partial charge in [-0.25, -0.2) is 0 Å². The molecule has 0 spiro atoms. The zero-order valence-corrected chi connectivity index (χ0v) is 29.0. The van der Waals surface area contributed by atoms with Crippen molar-refractivity contribution in [1.29, 1.82) is 0 Å². The summed E-state index contributed by atoms with van der Waals surface area (Å²) in [6.07, 6.45) is 12.8. The molecule has 0 N–H and O–H groups in total. The fourth-order valence-electron chi connectivity index (χ4n) is 12.0. The van der Waals surface area contributed by atoms with Gasteiger partial charge in [0.2, 0.25) is 0 Å². The van der Waals surface area contributed by atoms with Crippen molar-refractivity contribution >= 4 is 11.8 Å². The molecular formula is C40H57NO3. The van der Waals surface area contributed by atoms with Crippen LogP contribution in [0.25, 0.3) is 0 Å². The van der Waals surface area contributed by atoms with Gasteiger partial charge in [-0.1, -0.05) is 90.4 Å². The first-order chi connectivity index (χ1) is 20.6. The number of hydrogen-bond acceptors (Lipinski definition) is 4. The SMILES string of the molecule is C[C@H]1[C@H](C)CC[C@]2(C(=O)OCc3ccccc3)CC[C@]3(C)C(=CC[C@@H]4[C@@]5(C)CC(=CN(C)C)C(=O)C(C)(C)[C@@H]5CC[C@]43C)[C@H]12. The number of rotatable bonds is 4. The molecule has 0 unspecified atom stereocenters. The first-order valence-electron chi connectivity index (χ1n) is 17.5. The molecule has 0 amide bonds. The zero-order chi connectivity index (χ0) is 31.9. The normalized spacial score (nSPS) is 43.6. The van der Waals surface area contributed by atoms with Crippen molar-refractivity contribution in [1.82, 2.24) is 4.90 Å². The van der Waals surface area contributed by atoms with Crippen LogP contribution in [-0.4, -0.2) is 30.7 Å². The Hall–Kier alpha value is -2.36. The molecule has 44 heavy (non-hydrogen) atoms. The Morgan fingerprint density at radius 2 is 1.66 bits per heavy atom. The quantitative estimate of drug-likeness (QED) is 0.197. The average molecular weight is 600 g/mol. The molecule has 4 saturated carbocycles. The van der Waals surface area contributed by atoms with Crippen molar-refractivity contribution in [3.63, 3.8) is 0 Å². The second-order valence-electron chi connectivity index (χ2n) is 17.2. The summed E-state index contributed by atoms with van der Waals surface area (Å²) < 4.78 is 6.21. The van der Waals surface area contributed by atoms with Crippen molar-refractivity contribution in [2.24, 2.45) is 56.7 Å². The van der Waals surface area contributed by atoms with Crippen molar-refractivity contribution in [3.8, 4) is 0 Å². The standard InChI is InChI=1S/C40H57NO3/c1-26-17-20-40(35(43)44-25-28-13-11-10-12-14-28)22-21-38(6)30(33(40)27(26)2)15-16-32-37(5)23-29(24-41(8)9)34(42)36(3,4)31(37)18-19-39(32,38)7/h10-15,24,26-27,31-33H,16-23,25H2,1-9H3/t26-,27+,31+,32-,33+,37+,38-,39-,40+/m1/s1. The maximum absolute atomic E-state index is 14.3. The van der Waals surface area contributed by atoms with Gasteiger partial charge in [0.15, 0.2) is 5.78 Å². The van der Waals surface area contributed by atoms with Crippen molar-refractivity contribution in [3.05, 3.63) is 59.3 Å². The Balaban J connectivity index is 1.40. The zero-order valence-electron chi connectivity index (χ0n) is 29.0. The van der Waals surface area contributed by atoms with E-state index in [-0.39, 0.29) is 33.5 Å². The van der Waals surface area contributed by atoms with E-state index in [9.17, 15) is 9.59 Å². The van der Waals surface area contributed by atoms with E-state index in [1.54, 1.807) is 5.57 Å². The fourth-order valence-corrected chi connectivity index (χ4v) is 12.0. The maximum atomic E-state index is 14.3. The van der Waals surface area contributed by atoms with Crippen LogP contribution in [0.5, 0.6) is 0 Å². The number of nitrogens with zero attached hydrogens (tertiary/aromatic N) is 1. The number of benzene rings is 1. The number of ether oxygens (including phenoxy) is 1. The summed E-state index contributed by atoms with van der Waals surface area (Å²) in [4.78, 5) is 30.2. The predicted molar refractivity (Wildman–Crippen MR) is 177 cm³/mol. The fraction of sp³-hybridized carbons (Fsp3) is 0.700. The summed E-state index contributed by atoms with van der Waals surface area (Å²) in [5, 5.41) is 0. The van der Waals surface area contributed by atoms with E-state index in [1.165, 1.54) is 0 Å². The highest BCUT2D eigenvalue weighted by atomic mass is 16.5. The number of esters is 1. The highest BCUT2D eigenvalue weighted by Crippen LogP contribution is 2.75. The van der Waals surface area contributed by atoms with E-state index in [4.69, 9.17) is 4.74 Å². The van der Waals surface area contributed by atoms with E-state index in [0.717, 1.165) is 62.5 Å². The van der Waals surface area contributed by atoms with Crippen LogP contribution in [-0.2, 0) is 20.9 Å². The summed E-state index contributed by atoms with van der Waals surface area (Å²) in [6.45, 7) is 17.3. The molecule has 5 aliphatic carbocycles. The summed E-state index contributed by atoms with van der Waals surface area (Å²) in [7, 11) is 4.07. The molecule has 0 saturated heterocycles. The largest absolute Gasteiger partial charge is 0.460 e. The van der Waals surface area contributed by atoms with Crippen molar-refractivity contribution in [2.45, 2.75) is 106 Å². The molecule has 4 nitrogen and oxygen atoms in total. The summed E-state index contributed by atoms with van der Waals surface area (Å²) in [6, 6.07) is 10.1. The van der Waals surface area contributed by atoms with Gasteiger partial charge in [0.05, 0.1) is 5.41 Å². The molecular weight excluding hydrogens is 542 g/mol. The summed E-state index contributed by atoms with van der Waals surface area (Å²) in [5.41, 5.74) is 3.02. The third-order valence-electron chi connectivity index (χ3n) is 14.6. The van der Waals surface area contributed by atoms with Crippen LogP contribution >= 0.6 is 0 Å². The van der Waals surface area contributed by atoms with E-state index in [2.05, 4.69) is 65.6 Å². The third kappa shape index (κ3) is 4.35. The van der Waals surface area contributed by atoms with E-state index < -0.39 is 5.41 Å². The molecule has 4 heteroatoms. The van der Waals surface area contributed by atoms with Crippen LogP contribution in [0.2, 0.25) is 0 Å². The van der Waals surface area contributed by atoms with Gasteiger partial charge in [-0.3, -0.25) is 9.59 Å². The molecule has 9 atom stereocenters. The molecule has 0 radical (unpaired) electrons. The van der Waals surface area contributed by atoms with Gasteiger partial charge in [-0.15, -0.1) is 0 Å². The Labute approximate surface area is 267 Å². The van der Waals surface area contributed by atoms with Gasteiger partial charge in [0.25, 0.3) is 0 Å². The van der Waals surface area contributed by atoms with Crippen molar-refractivity contribution in [2.75, 3.05) is 14.1 Å². The maximum Gasteiger partial charge on any atom is 0.313 e. The van der Waals surface area contributed by atoms with Crippen LogP contribution in [0, 0.1) is 56.7 Å². The number of carbonyl (C=O) groups excluding carboxylic acids is 2. The smallest absolute Gasteiger partial charge is 0.313 e. The molecule has 240 valence electrons. The minimum Gasteiger partial charge on any atom is -0.460 e. The second-order valence-corrected chi connectivity index (χ2v) is 17.2. The number of allylic oxidation sites excluding steroid dienone is 3. The Morgan fingerprint density at radius 3 is 2.34 bits per heavy atom. The molecule has 5 aliphatic rings. The molecule has 0 aliphatic heterocycles. The molecule has 0 heterocycles. The van der Waals surface area contributed by atoms with Gasteiger partial charge in [0.1, 0.15) is 6.61 Å². The Bertz CT molecular complexity index is 1370. The monoisotopic (exact) mass is 599 g/mol. The molecule has 1 aromatic rings. The number of ketones is 1. The molecule has 4 fully saturated rings. The van der Waals surface area contributed by atoms with Crippen LogP contribution in [0.4, 0.5) is 0 Å². The average Bonchev–Trinajstić information content (AvgIpc) is 2.97. The lowest BCUT2D eigenvalue weighted by Gasteiger charge is -2.70. The van der Waals surface area contributed by atoms with Gasteiger partial charge in [-0.2, -0.15) is 0 Å². The topological polar surface area (TPSA) is 46.6 Å². The molecule has 6 rings (SSSR count). The lowest BCUT2D eigenvalue weighted by molar-refractivity contribution is -0.189. The van der Waals surface area contributed by atoms with Crippen LogP contribution in [0.3, 0.4) is 0 Å². The van der Waals surface area contributed by atoms with E-state index in [1.807, 2.05) is 44.4 Å². The first kappa shape index (κ1) is 31.6. The number of carbonyl (C=O) groups is 2. The predicted octanol–water partition coefficient (Wildman–Crippen LogP) is 9.01.